The van der Waals surface area contributed by atoms with Gasteiger partial charge in [-0.15, -0.1) is 0 Å². The number of hydrogen-bond acceptors (Lipinski definition) is 4. The lowest BCUT2D eigenvalue weighted by molar-refractivity contribution is -0.116. The Bertz CT molecular complexity index is 1150. The van der Waals surface area contributed by atoms with Gasteiger partial charge < -0.3 is 10.1 Å². The SMILES string of the molecule is COc1ccccc1NC(=O)CN(Cc1ccc(F)cc1)S(=O)(=O)c1ccc(C)cc1. The minimum atomic E-state index is -3.98. The number of rotatable bonds is 8. The molecule has 0 heterocycles. The van der Waals surface area contributed by atoms with Crippen LogP contribution in [0.1, 0.15) is 11.1 Å². The summed E-state index contributed by atoms with van der Waals surface area (Å²) < 4.78 is 46.1. The monoisotopic (exact) mass is 442 g/mol. The number of nitrogens with zero attached hydrogens (tertiary/aromatic N) is 1. The molecule has 162 valence electrons. The van der Waals surface area contributed by atoms with Gasteiger partial charge in [0.1, 0.15) is 11.6 Å². The van der Waals surface area contributed by atoms with Crippen LogP contribution in [-0.2, 0) is 21.4 Å². The Kier molecular flexibility index (Phi) is 7.04. The van der Waals surface area contributed by atoms with Gasteiger partial charge in [-0.3, -0.25) is 4.79 Å². The van der Waals surface area contributed by atoms with Gasteiger partial charge in [-0.25, -0.2) is 12.8 Å². The second-order valence-corrected chi connectivity index (χ2v) is 8.90. The first-order chi connectivity index (χ1) is 14.8. The van der Waals surface area contributed by atoms with Gasteiger partial charge in [0.2, 0.25) is 15.9 Å². The van der Waals surface area contributed by atoms with Crippen molar-refractivity contribution in [2.75, 3.05) is 19.0 Å². The van der Waals surface area contributed by atoms with E-state index in [2.05, 4.69) is 5.32 Å². The van der Waals surface area contributed by atoms with Gasteiger partial charge in [0, 0.05) is 6.54 Å². The number of carbonyl (C=O) groups is 1. The lowest BCUT2D eigenvalue weighted by Gasteiger charge is -2.22. The molecule has 1 N–H and O–H groups in total. The van der Waals surface area contributed by atoms with E-state index in [4.69, 9.17) is 4.74 Å². The zero-order valence-corrected chi connectivity index (χ0v) is 18.0. The van der Waals surface area contributed by atoms with Crippen LogP contribution in [0, 0.1) is 12.7 Å². The minimum Gasteiger partial charge on any atom is -0.495 e. The summed E-state index contributed by atoms with van der Waals surface area (Å²) in [6.45, 7) is 1.34. The maximum Gasteiger partial charge on any atom is 0.243 e. The number of halogens is 1. The van der Waals surface area contributed by atoms with E-state index in [0.717, 1.165) is 9.87 Å². The summed E-state index contributed by atoms with van der Waals surface area (Å²) >= 11 is 0. The van der Waals surface area contributed by atoms with Crippen molar-refractivity contribution in [2.24, 2.45) is 0 Å². The van der Waals surface area contributed by atoms with E-state index in [0.29, 0.717) is 17.0 Å². The van der Waals surface area contributed by atoms with Gasteiger partial charge in [-0.2, -0.15) is 4.31 Å². The predicted molar refractivity (Wildman–Crippen MR) is 117 cm³/mol. The van der Waals surface area contributed by atoms with Crippen molar-refractivity contribution >= 4 is 21.6 Å². The molecule has 6 nitrogen and oxygen atoms in total. The normalized spacial score (nSPS) is 11.4. The third-order valence-corrected chi connectivity index (χ3v) is 6.44. The smallest absolute Gasteiger partial charge is 0.243 e. The van der Waals surface area contributed by atoms with Crippen LogP contribution >= 0.6 is 0 Å². The fourth-order valence-electron chi connectivity index (χ4n) is 2.98. The first-order valence-electron chi connectivity index (χ1n) is 9.54. The largest absolute Gasteiger partial charge is 0.495 e. The number of sulfonamides is 1. The maximum atomic E-state index is 13.3. The summed E-state index contributed by atoms with van der Waals surface area (Å²) in [5.74, 6) is -0.491. The number of anilines is 1. The Balaban J connectivity index is 1.88. The molecular weight excluding hydrogens is 419 g/mol. The Morgan fingerprint density at radius 2 is 1.65 bits per heavy atom. The van der Waals surface area contributed by atoms with Crippen molar-refractivity contribution in [3.63, 3.8) is 0 Å². The van der Waals surface area contributed by atoms with Crippen LogP contribution in [0.5, 0.6) is 5.75 Å². The molecule has 0 aliphatic carbocycles. The molecule has 0 bridgehead atoms. The Morgan fingerprint density at radius 3 is 2.29 bits per heavy atom. The van der Waals surface area contributed by atoms with Crippen molar-refractivity contribution in [3.05, 3.63) is 89.7 Å². The number of hydrogen-bond donors (Lipinski definition) is 1. The summed E-state index contributed by atoms with van der Waals surface area (Å²) in [5, 5.41) is 2.69. The molecule has 3 rings (SSSR count). The molecule has 0 unspecified atom stereocenters. The highest BCUT2D eigenvalue weighted by Crippen LogP contribution is 2.24. The maximum absolute atomic E-state index is 13.3. The average Bonchev–Trinajstić information content (AvgIpc) is 2.75. The van der Waals surface area contributed by atoms with Crippen LogP contribution in [0.3, 0.4) is 0 Å². The molecule has 0 saturated carbocycles. The molecule has 0 radical (unpaired) electrons. The molecule has 8 heteroatoms. The van der Waals surface area contributed by atoms with Gasteiger partial charge in [-0.05, 0) is 48.9 Å². The zero-order valence-electron chi connectivity index (χ0n) is 17.2. The van der Waals surface area contributed by atoms with E-state index >= 15 is 0 Å². The quantitative estimate of drug-likeness (QED) is 0.573. The second-order valence-electron chi connectivity index (χ2n) is 6.96. The topological polar surface area (TPSA) is 75.7 Å². The second kappa shape index (κ2) is 9.72. The fraction of sp³-hybridized carbons (Fsp3) is 0.174. The Morgan fingerprint density at radius 1 is 1.00 bits per heavy atom. The Labute approximate surface area is 181 Å². The van der Waals surface area contributed by atoms with Gasteiger partial charge in [-0.1, -0.05) is 42.0 Å². The summed E-state index contributed by atoms with van der Waals surface area (Å²) in [5.41, 5.74) is 1.91. The van der Waals surface area contributed by atoms with Crippen LogP contribution in [0.4, 0.5) is 10.1 Å². The highest BCUT2D eigenvalue weighted by atomic mass is 32.2. The van der Waals surface area contributed by atoms with Crippen LogP contribution < -0.4 is 10.1 Å². The number of nitrogens with one attached hydrogen (secondary N) is 1. The van der Waals surface area contributed by atoms with Gasteiger partial charge >= 0.3 is 0 Å². The number of methoxy groups -OCH3 is 1. The van der Waals surface area contributed by atoms with E-state index in [1.54, 1.807) is 36.4 Å². The van der Waals surface area contributed by atoms with Crippen molar-refractivity contribution < 1.29 is 22.3 Å². The summed E-state index contributed by atoms with van der Waals surface area (Å²) in [6, 6.07) is 18.7. The van der Waals surface area contributed by atoms with Crippen LogP contribution in [0.25, 0.3) is 0 Å². The highest BCUT2D eigenvalue weighted by molar-refractivity contribution is 7.89. The van der Waals surface area contributed by atoms with Gasteiger partial charge in [0.25, 0.3) is 0 Å². The highest BCUT2D eigenvalue weighted by Gasteiger charge is 2.27. The van der Waals surface area contributed by atoms with Crippen molar-refractivity contribution in [2.45, 2.75) is 18.4 Å². The number of carbonyl (C=O) groups excluding carboxylic acids is 1. The molecule has 0 atom stereocenters. The standard InChI is InChI=1S/C23H23FN2O4S/c1-17-7-13-20(14-8-17)31(28,29)26(15-18-9-11-19(24)12-10-18)16-23(27)25-21-5-3-4-6-22(21)30-2/h3-14H,15-16H2,1-2H3,(H,25,27). The van der Waals surface area contributed by atoms with Crippen molar-refractivity contribution in [1.82, 2.24) is 4.31 Å². The molecule has 0 spiro atoms. The van der Waals surface area contributed by atoms with Crippen LogP contribution in [-0.4, -0.2) is 32.3 Å². The molecule has 0 aliphatic heterocycles. The first kappa shape index (κ1) is 22.5. The minimum absolute atomic E-state index is 0.0744. The van der Waals surface area contributed by atoms with E-state index in [-0.39, 0.29) is 11.4 Å². The third-order valence-electron chi connectivity index (χ3n) is 4.63. The van der Waals surface area contributed by atoms with Gasteiger partial charge in [0.05, 0.1) is 24.2 Å². The molecule has 0 fully saturated rings. The zero-order chi connectivity index (χ0) is 22.4. The molecule has 3 aromatic carbocycles. The molecule has 0 aliphatic rings. The van der Waals surface area contributed by atoms with E-state index < -0.39 is 28.3 Å². The molecule has 1 amide bonds. The summed E-state index contributed by atoms with van der Waals surface area (Å²) in [6.07, 6.45) is 0. The van der Waals surface area contributed by atoms with E-state index in [9.17, 15) is 17.6 Å². The van der Waals surface area contributed by atoms with Crippen molar-refractivity contribution in [1.29, 1.82) is 0 Å². The van der Waals surface area contributed by atoms with Crippen LogP contribution in [0.15, 0.2) is 77.7 Å². The Hall–Kier alpha value is -3.23. The van der Waals surface area contributed by atoms with E-state index in [1.165, 1.54) is 43.5 Å². The molecular formula is C23H23FN2O4S. The fourth-order valence-corrected chi connectivity index (χ4v) is 4.36. The molecule has 0 saturated heterocycles. The number of amides is 1. The molecule has 0 aromatic heterocycles. The van der Waals surface area contributed by atoms with E-state index in [1.807, 2.05) is 6.92 Å². The number of ether oxygens (including phenoxy) is 1. The lowest BCUT2D eigenvalue weighted by atomic mass is 10.2. The number of benzene rings is 3. The summed E-state index contributed by atoms with van der Waals surface area (Å²) in [7, 11) is -2.50. The van der Waals surface area contributed by atoms with Crippen LogP contribution in [0.2, 0.25) is 0 Å². The van der Waals surface area contributed by atoms with Gasteiger partial charge in [0.15, 0.2) is 0 Å². The molecule has 31 heavy (non-hydrogen) atoms. The van der Waals surface area contributed by atoms with Crippen molar-refractivity contribution in [3.8, 4) is 5.75 Å². The lowest BCUT2D eigenvalue weighted by Crippen LogP contribution is -2.37. The number of aryl methyl sites for hydroxylation is 1. The number of para-hydroxylation sites is 2. The molecule has 3 aromatic rings. The summed E-state index contributed by atoms with van der Waals surface area (Å²) in [4.78, 5) is 12.8. The first-order valence-corrected chi connectivity index (χ1v) is 11.0. The average molecular weight is 443 g/mol. The predicted octanol–water partition coefficient (Wildman–Crippen LogP) is 3.97. The third kappa shape index (κ3) is 5.68.